The van der Waals surface area contributed by atoms with Gasteiger partial charge in [0.15, 0.2) is 0 Å². The summed E-state index contributed by atoms with van der Waals surface area (Å²) < 4.78 is 1.67. The Hall–Kier alpha value is -1.23. The number of carbonyl (C=O) groups excluding carboxylic acids is 1. The molecular formula is C15H21ClN4O. The van der Waals surface area contributed by atoms with E-state index in [9.17, 15) is 4.79 Å². The number of hydrogen-bond acceptors (Lipinski definition) is 2. The number of amides is 2. The van der Waals surface area contributed by atoms with Crippen molar-refractivity contribution in [3.8, 4) is 0 Å². The topological polar surface area (TPSA) is 50.2 Å². The summed E-state index contributed by atoms with van der Waals surface area (Å²) in [6.45, 7) is 1.34. The number of likely N-dealkylation sites (tertiary alicyclic amines) is 1. The second-order valence-electron chi connectivity index (χ2n) is 6.74. The van der Waals surface area contributed by atoms with Crippen LogP contribution in [-0.2, 0) is 13.6 Å². The van der Waals surface area contributed by atoms with Crippen LogP contribution in [0.15, 0.2) is 6.20 Å². The zero-order valence-corrected chi connectivity index (χ0v) is 13.0. The Morgan fingerprint density at radius 3 is 2.67 bits per heavy atom. The zero-order valence-electron chi connectivity index (χ0n) is 12.3. The first kappa shape index (κ1) is 13.4. The van der Waals surface area contributed by atoms with Gasteiger partial charge in [-0.1, -0.05) is 11.6 Å². The molecule has 2 aliphatic carbocycles. The summed E-state index contributed by atoms with van der Waals surface area (Å²) in [7, 11) is 1.83. The molecule has 1 N–H and O–H groups in total. The number of halogens is 1. The summed E-state index contributed by atoms with van der Waals surface area (Å²) in [4.78, 5) is 14.4. The number of aromatic nitrogens is 2. The van der Waals surface area contributed by atoms with Gasteiger partial charge in [0, 0.05) is 31.7 Å². The van der Waals surface area contributed by atoms with Gasteiger partial charge in [0.1, 0.15) is 5.69 Å². The molecule has 2 atom stereocenters. The lowest BCUT2D eigenvalue weighted by molar-refractivity contribution is 0.0228. The summed E-state index contributed by atoms with van der Waals surface area (Å²) >= 11 is 6.07. The Kier molecular flexibility index (Phi) is 3.14. The van der Waals surface area contributed by atoms with E-state index in [4.69, 9.17) is 11.6 Å². The third-order valence-electron chi connectivity index (χ3n) is 5.06. The molecule has 0 spiro atoms. The quantitative estimate of drug-likeness (QED) is 0.928. The number of rotatable bonds is 4. The highest BCUT2D eigenvalue weighted by Crippen LogP contribution is 2.52. The van der Waals surface area contributed by atoms with Crippen molar-refractivity contribution in [2.45, 2.75) is 38.3 Å². The van der Waals surface area contributed by atoms with Crippen molar-refractivity contribution in [1.29, 1.82) is 0 Å². The first-order chi connectivity index (χ1) is 10.1. The van der Waals surface area contributed by atoms with Crippen LogP contribution in [0.3, 0.4) is 0 Å². The van der Waals surface area contributed by atoms with Gasteiger partial charge in [-0.3, -0.25) is 4.68 Å². The fraction of sp³-hybridized carbons (Fsp3) is 0.733. The average Bonchev–Trinajstić information content (AvgIpc) is 3.28. The summed E-state index contributed by atoms with van der Waals surface area (Å²) in [6, 6.07) is 0.544. The van der Waals surface area contributed by atoms with Gasteiger partial charge >= 0.3 is 6.03 Å². The van der Waals surface area contributed by atoms with Gasteiger partial charge in [-0.2, -0.15) is 5.10 Å². The lowest BCUT2D eigenvalue weighted by Gasteiger charge is -2.49. The number of carbonyl (C=O) groups is 1. The molecule has 1 aromatic rings. The van der Waals surface area contributed by atoms with Crippen LogP contribution in [0.2, 0.25) is 5.02 Å². The maximum absolute atomic E-state index is 12.4. The molecular weight excluding hydrogens is 288 g/mol. The van der Waals surface area contributed by atoms with Gasteiger partial charge < -0.3 is 10.2 Å². The number of hydrogen-bond donors (Lipinski definition) is 1. The predicted octanol–water partition coefficient (Wildman–Crippen LogP) is 2.40. The number of aryl methyl sites for hydroxylation is 1. The molecule has 2 saturated carbocycles. The van der Waals surface area contributed by atoms with Crippen molar-refractivity contribution in [3.05, 3.63) is 16.9 Å². The highest BCUT2D eigenvalue weighted by Gasteiger charge is 2.54. The third-order valence-corrected chi connectivity index (χ3v) is 5.38. The molecule has 0 radical (unpaired) electrons. The minimum absolute atomic E-state index is 0.0468. The lowest BCUT2D eigenvalue weighted by Crippen LogP contribution is -2.62. The summed E-state index contributed by atoms with van der Waals surface area (Å²) in [5.41, 5.74) is 0.731. The molecule has 2 unspecified atom stereocenters. The van der Waals surface area contributed by atoms with Crippen LogP contribution in [0.1, 0.15) is 31.4 Å². The second-order valence-corrected chi connectivity index (χ2v) is 7.14. The van der Waals surface area contributed by atoms with Gasteiger partial charge in [-0.15, -0.1) is 0 Å². The average molecular weight is 309 g/mol. The van der Waals surface area contributed by atoms with E-state index in [2.05, 4.69) is 10.4 Å². The van der Waals surface area contributed by atoms with Crippen molar-refractivity contribution in [1.82, 2.24) is 20.0 Å². The van der Waals surface area contributed by atoms with Gasteiger partial charge in [0.2, 0.25) is 0 Å². The van der Waals surface area contributed by atoms with E-state index in [1.54, 1.807) is 10.9 Å². The molecule has 114 valence electrons. The van der Waals surface area contributed by atoms with E-state index in [-0.39, 0.29) is 6.03 Å². The molecule has 1 saturated heterocycles. The fourth-order valence-electron chi connectivity index (χ4n) is 3.65. The monoisotopic (exact) mass is 308 g/mol. The van der Waals surface area contributed by atoms with Crippen LogP contribution >= 0.6 is 11.6 Å². The molecule has 21 heavy (non-hydrogen) atoms. The number of urea groups is 1. The van der Waals surface area contributed by atoms with Crippen molar-refractivity contribution in [3.63, 3.8) is 0 Å². The van der Waals surface area contributed by atoms with E-state index in [1.807, 2.05) is 11.9 Å². The predicted molar refractivity (Wildman–Crippen MR) is 79.9 cm³/mol. The third kappa shape index (κ3) is 2.52. The lowest BCUT2D eigenvalue weighted by atomic mass is 9.81. The molecule has 1 aromatic heterocycles. The Bertz CT molecular complexity index is 564. The van der Waals surface area contributed by atoms with Gasteiger partial charge in [-0.05, 0) is 37.5 Å². The van der Waals surface area contributed by atoms with Crippen LogP contribution in [0.4, 0.5) is 4.79 Å². The van der Waals surface area contributed by atoms with Crippen LogP contribution in [0, 0.1) is 17.8 Å². The zero-order chi connectivity index (χ0) is 14.6. The Balaban J connectivity index is 1.35. The minimum atomic E-state index is 0.0468. The molecule has 3 aliphatic rings. The van der Waals surface area contributed by atoms with Crippen LogP contribution in [0.25, 0.3) is 0 Å². The van der Waals surface area contributed by atoms with E-state index in [0.29, 0.717) is 17.6 Å². The molecule has 2 amide bonds. The SMILES string of the molecule is Cn1cc(Cl)c(CNC(=O)N2CC(C3CC3)C2C2CC2)n1. The second kappa shape index (κ2) is 4.90. The van der Waals surface area contributed by atoms with Crippen molar-refractivity contribution in [2.24, 2.45) is 24.8 Å². The Labute approximate surface area is 129 Å². The van der Waals surface area contributed by atoms with Crippen LogP contribution < -0.4 is 5.32 Å². The standard InChI is InChI=1S/C15H21ClN4O/c1-19-8-12(16)13(18-19)6-17-15(21)20-7-11(9-2-3-9)14(20)10-4-5-10/h8-11,14H,2-7H2,1H3,(H,17,21). The van der Waals surface area contributed by atoms with Crippen LogP contribution in [-0.4, -0.2) is 33.3 Å². The molecule has 5 nitrogen and oxygen atoms in total. The van der Waals surface area contributed by atoms with E-state index < -0.39 is 0 Å². The molecule has 6 heteroatoms. The molecule has 0 bridgehead atoms. The van der Waals surface area contributed by atoms with E-state index in [1.165, 1.54) is 25.7 Å². The Morgan fingerprint density at radius 2 is 2.10 bits per heavy atom. The van der Waals surface area contributed by atoms with Gasteiger partial charge in [0.05, 0.1) is 11.6 Å². The fourth-order valence-corrected chi connectivity index (χ4v) is 3.89. The highest BCUT2D eigenvalue weighted by molar-refractivity contribution is 6.31. The van der Waals surface area contributed by atoms with E-state index >= 15 is 0 Å². The Morgan fingerprint density at radius 1 is 1.38 bits per heavy atom. The van der Waals surface area contributed by atoms with Crippen molar-refractivity contribution < 1.29 is 4.79 Å². The number of nitrogens with zero attached hydrogens (tertiary/aromatic N) is 3. The number of nitrogens with one attached hydrogen (secondary N) is 1. The maximum atomic E-state index is 12.4. The first-order valence-corrected chi connectivity index (χ1v) is 8.24. The van der Waals surface area contributed by atoms with E-state index in [0.717, 1.165) is 30.0 Å². The van der Waals surface area contributed by atoms with Crippen molar-refractivity contribution >= 4 is 17.6 Å². The van der Waals surface area contributed by atoms with Crippen LogP contribution in [0.5, 0.6) is 0 Å². The molecule has 0 aromatic carbocycles. The molecule has 3 fully saturated rings. The smallest absolute Gasteiger partial charge is 0.318 e. The molecule has 4 rings (SSSR count). The van der Waals surface area contributed by atoms with Crippen molar-refractivity contribution in [2.75, 3.05) is 6.54 Å². The highest BCUT2D eigenvalue weighted by atomic mass is 35.5. The summed E-state index contributed by atoms with van der Waals surface area (Å²) in [5.74, 6) is 2.42. The normalized spacial score (nSPS) is 28.4. The molecule has 1 aliphatic heterocycles. The van der Waals surface area contributed by atoms with Gasteiger partial charge in [-0.25, -0.2) is 4.79 Å². The minimum Gasteiger partial charge on any atom is -0.332 e. The van der Waals surface area contributed by atoms with Gasteiger partial charge in [0.25, 0.3) is 0 Å². The maximum Gasteiger partial charge on any atom is 0.318 e. The summed E-state index contributed by atoms with van der Waals surface area (Å²) in [6.07, 6.45) is 7.08. The summed E-state index contributed by atoms with van der Waals surface area (Å²) in [5, 5.41) is 7.84. The first-order valence-electron chi connectivity index (χ1n) is 7.86. The molecule has 2 heterocycles. The largest absolute Gasteiger partial charge is 0.332 e.